The molecule has 0 heteroatoms. The lowest BCUT2D eigenvalue weighted by molar-refractivity contribution is 0.869. The van der Waals surface area contributed by atoms with Crippen LogP contribution >= 0.6 is 0 Å². The lowest BCUT2D eigenvalue weighted by atomic mass is 10.2. The van der Waals surface area contributed by atoms with Gasteiger partial charge in [0.2, 0.25) is 0 Å². The summed E-state index contributed by atoms with van der Waals surface area (Å²) >= 11 is 0. The Morgan fingerprint density at radius 3 is 1.78 bits per heavy atom. The third-order valence-electron chi connectivity index (χ3n) is 1.35. The molecule has 0 spiro atoms. The van der Waals surface area contributed by atoms with Crippen LogP contribution in [-0.4, -0.2) is 0 Å². The van der Waals surface area contributed by atoms with Gasteiger partial charge in [-0.25, -0.2) is 0 Å². The predicted molar refractivity (Wildman–Crippen MR) is 41.3 cm³/mol. The highest BCUT2D eigenvalue weighted by Gasteiger charge is 1.79. The maximum absolute atomic E-state index is 2.21. The first-order valence-electron chi connectivity index (χ1n) is 3.48. The smallest absolute Gasteiger partial charge is 0.0345 e. The van der Waals surface area contributed by atoms with E-state index in [4.69, 9.17) is 0 Å². The Morgan fingerprint density at radius 1 is 0.667 bits per heavy atom. The third-order valence-corrected chi connectivity index (χ3v) is 1.35. The second kappa shape index (κ2) is 4.13. The molecule has 48 valence electrons. The number of hydrogen-bond donors (Lipinski definition) is 0. The third kappa shape index (κ3) is 2.91. The van der Waals surface area contributed by atoms with E-state index < -0.39 is 0 Å². The first kappa shape index (κ1) is 6.34. The molecule has 0 aromatic rings. The zero-order valence-electron chi connectivity index (χ0n) is 5.59. The number of hydrogen-bond acceptors (Lipinski definition) is 0. The molecule has 0 saturated carbocycles. The molecule has 0 atom stereocenters. The van der Waals surface area contributed by atoms with Crippen molar-refractivity contribution in [2.75, 3.05) is 0 Å². The molecule has 0 aliphatic heterocycles. The molecule has 0 unspecified atom stereocenters. The van der Waals surface area contributed by atoms with Gasteiger partial charge >= 0.3 is 0 Å². The lowest BCUT2D eigenvalue weighted by Gasteiger charge is -1.85. The van der Waals surface area contributed by atoms with E-state index >= 15 is 0 Å². The largest absolute Gasteiger partial charge is 0.0845 e. The maximum Gasteiger partial charge on any atom is -0.0345 e. The predicted octanol–water partition coefficient (Wildman–Crippen LogP) is 2.84. The molecule has 0 nitrogen and oxygen atoms in total. The van der Waals surface area contributed by atoms with Crippen LogP contribution in [0.25, 0.3) is 0 Å². The number of rotatable bonds is 0. The van der Waals surface area contributed by atoms with E-state index in [1.807, 2.05) is 0 Å². The monoisotopic (exact) mass is 120 g/mol. The molecule has 0 aromatic carbocycles. The molecular formula is C9H12. The van der Waals surface area contributed by atoms with Crippen LogP contribution in [0.15, 0.2) is 36.5 Å². The second-order valence-corrected chi connectivity index (χ2v) is 2.17. The fraction of sp³-hybridized carbons (Fsp3) is 0.333. The summed E-state index contributed by atoms with van der Waals surface area (Å²) < 4.78 is 0. The molecule has 0 bridgehead atoms. The molecule has 1 rings (SSSR count). The van der Waals surface area contributed by atoms with Crippen molar-refractivity contribution in [3.8, 4) is 0 Å². The fourth-order valence-electron chi connectivity index (χ4n) is 0.831. The van der Waals surface area contributed by atoms with Gasteiger partial charge < -0.3 is 0 Å². The highest BCUT2D eigenvalue weighted by Crippen LogP contribution is 2.00. The van der Waals surface area contributed by atoms with E-state index in [0.29, 0.717) is 0 Å². The molecule has 0 N–H and O–H groups in total. The molecule has 1 aliphatic carbocycles. The lowest BCUT2D eigenvalue weighted by Crippen LogP contribution is -1.65. The summed E-state index contributed by atoms with van der Waals surface area (Å²) in [5, 5.41) is 0. The molecule has 0 fully saturated rings. The topological polar surface area (TPSA) is 0 Å². The molecule has 0 amide bonds. The summed E-state index contributed by atoms with van der Waals surface area (Å²) in [5.74, 6) is 0. The van der Waals surface area contributed by atoms with Crippen LogP contribution in [0.5, 0.6) is 0 Å². The molecule has 1 aliphatic rings. The summed E-state index contributed by atoms with van der Waals surface area (Å²) in [6.45, 7) is 0. The van der Waals surface area contributed by atoms with Crippen LogP contribution in [0.2, 0.25) is 0 Å². The summed E-state index contributed by atoms with van der Waals surface area (Å²) in [6.07, 6.45) is 16.5. The highest BCUT2D eigenvalue weighted by atomic mass is 13.9. The Bertz CT molecular complexity index is 122. The molecule has 9 heavy (non-hydrogen) atoms. The van der Waals surface area contributed by atoms with E-state index in [9.17, 15) is 0 Å². The van der Waals surface area contributed by atoms with E-state index in [2.05, 4.69) is 36.5 Å². The van der Waals surface area contributed by atoms with Gasteiger partial charge in [0, 0.05) is 0 Å². The first-order valence-corrected chi connectivity index (χ1v) is 3.48. The van der Waals surface area contributed by atoms with Crippen LogP contribution in [0.1, 0.15) is 19.3 Å². The van der Waals surface area contributed by atoms with Gasteiger partial charge in [0.05, 0.1) is 0 Å². The summed E-state index contributed by atoms with van der Waals surface area (Å²) in [5.41, 5.74) is 0. The SMILES string of the molecule is C1=C\C=C/CCC\C=C/1. The number of allylic oxidation sites excluding steroid dienone is 6. The van der Waals surface area contributed by atoms with E-state index in [0.717, 1.165) is 0 Å². The quantitative estimate of drug-likeness (QED) is 0.461. The van der Waals surface area contributed by atoms with Gasteiger partial charge in [0.1, 0.15) is 0 Å². The van der Waals surface area contributed by atoms with Crippen molar-refractivity contribution < 1.29 is 0 Å². The summed E-state index contributed by atoms with van der Waals surface area (Å²) in [7, 11) is 0. The van der Waals surface area contributed by atoms with Crippen molar-refractivity contribution in [2.45, 2.75) is 19.3 Å². The van der Waals surface area contributed by atoms with Crippen molar-refractivity contribution in [1.29, 1.82) is 0 Å². The van der Waals surface area contributed by atoms with Crippen LogP contribution < -0.4 is 0 Å². The van der Waals surface area contributed by atoms with Crippen molar-refractivity contribution in [1.82, 2.24) is 0 Å². The second-order valence-electron chi connectivity index (χ2n) is 2.17. The van der Waals surface area contributed by atoms with Crippen molar-refractivity contribution in [3.05, 3.63) is 36.5 Å². The van der Waals surface area contributed by atoms with Crippen molar-refractivity contribution in [3.63, 3.8) is 0 Å². The minimum absolute atomic E-state index is 1.22. The van der Waals surface area contributed by atoms with E-state index in [1.54, 1.807) is 0 Å². The van der Waals surface area contributed by atoms with E-state index in [-0.39, 0.29) is 0 Å². The molecule has 0 saturated heterocycles. The Balaban J connectivity index is 2.45. The van der Waals surface area contributed by atoms with Crippen LogP contribution in [0.4, 0.5) is 0 Å². The van der Waals surface area contributed by atoms with Crippen LogP contribution in [0, 0.1) is 0 Å². The van der Waals surface area contributed by atoms with Gasteiger partial charge in [-0.1, -0.05) is 36.5 Å². The van der Waals surface area contributed by atoms with Gasteiger partial charge in [-0.15, -0.1) is 0 Å². The van der Waals surface area contributed by atoms with Crippen LogP contribution in [-0.2, 0) is 0 Å². The van der Waals surface area contributed by atoms with Crippen molar-refractivity contribution in [2.24, 2.45) is 0 Å². The average molecular weight is 120 g/mol. The molecule has 0 heterocycles. The normalized spacial score (nSPS) is 29.3. The summed E-state index contributed by atoms with van der Waals surface area (Å²) in [4.78, 5) is 0. The fourth-order valence-corrected chi connectivity index (χ4v) is 0.831. The minimum atomic E-state index is 1.22. The van der Waals surface area contributed by atoms with Gasteiger partial charge in [-0.3, -0.25) is 0 Å². The zero-order valence-corrected chi connectivity index (χ0v) is 5.59. The Morgan fingerprint density at radius 2 is 1.22 bits per heavy atom. The van der Waals surface area contributed by atoms with Gasteiger partial charge in [0.25, 0.3) is 0 Å². The standard InChI is InChI=1S/C9H12/c1-2-4-6-8-9-7-5-3-1/h1-6H,7-9H2/b2-1-,5-3-,6-4-. The van der Waals surface area contributed by atoms with Gasteiger partial charge in [-0.2, -0.15) is 0 Å². The average Bonchev–Trinajstić information content (AvgIpc) is 2.00. The Hall–Kier alpha value is -0.780. The highest BCUT2D eigenvalue weighted by molar-refractivity contribution is 5.12. The molecular weight excluding hydrogens is 108 g/mol. The van der Waals surface area contributed by atoms with E-state index in [1.165, 1.54) is 19.3 Å². The minimum Gasteiger partial charge on any atom is -0.0845 e. The Labute approximate surface area is 56.6 Å². The van der Waals surface area contributed by atoms with Gasteiger partial charge in [-0.05, 0) is 19.3 Å². The summed E-state index contributed by atoms with van der Waals surface area (Å²) in [6, 6.07) is 0. The zero-order chi connectivity index (χ0) is 6.36. The maximum atomic E-state index is 2.21. The molecule has 0 aromatic heterocycles. The van der Waals surface area contributed by atoms with Crippen molar-refractivity contribution >= 4 is 0 Å². The first-order chi connectivity index (χ1) is 4.50. The van der Waals surface area contributed by atoms with Gasteiger partial charge in [0.15, 0.2) is 0 Å². The Kier molecular flexibility index (Phi) is 2.91. The molecule has 0 radical (unpaired) electrons. The van der Waals surface area contributed by atoms with Crippen LogP contribution in [0.3, 0.4) is 0 Å².